The van der Waals surface area contributed by atoms with E-state index in [-0.39, 0.29) is 0 Å². The van der Waals surface area contributed by atoms with E-state index in [1.54, 1.807) is 0 Å². The summed E-state index contributed by atoms with van der Waals surface area (Å²) in [6.45, 7) is 4.84. The minimum atomic E-state index is 0.734. The van der Waals surface area contributed by atoms with Crippen LogP contribution in [0.15, 0.2) is 0 Å². The normalized spacial score (nSPS) is 24.9. The summed E-state index contributed by atoms with van der Waals surface area (Å²) in [5, 5.41) is 3.59. The summed E-state index contributed by atoms with van der Waals surface area (Å²) < 4.78 is 0. The van der Waals surface area contributed by atoms with Crippen molar-refractivity contribution in [1.29, 1.82) is 0 Å². The van der Waals surface area contributed by atoms with Crippen LogP contribution >= 0.6 is 0 Å². The largest absolute Gasteiger partial charge is 0.315 e. The van der Waals surface area contributed by atoms with Gasteiger partial charge in [0.15, 0.2) is 0 Å². The lowest BCUT2D eigenvalue weighted by atomic mass is 9.97. The van der Waals surface area contributed by atoms with E-state index < -0.39 is 0 Å². The van der Waals surface area contributed by atoms with E-state index in [0.29, 0.717) is 0 Å². The van der Waals surface area contributed by atoms with Gasteiger partial charge in [-0.2, -0.15) is 0 Å². The molecule has 1 N–H and O–H groups in total. The Morgan fingerprint density at radius 1 is 1.06 bits per heavy atom. The van der Waals surface area contributed by atoms with E-state index in [1.165, 1.54) is 64.5 Å². The lowest BCUT2D eigenvalue weighted by molar-refractivity contribution is 0.168. The minimum Gasteiger partial charge on any atom is -0.315 e. The second kappa shape index (κ2) is 6.75. The van der Waals surface area contributed by atoms with Crippen molar-refractivity contribution < 1.29 is 0 Å². The summed E-state index contributed by atoms with van der Waals surface area (Å²) in [6.07, 6.45) is 11.6. The zero-order chi connectivity index (χ0) is 12.1. The van der Waals surface area contributed by atoms with Gasteiger partial charge in [-0.1, -0.05) is 32.6 Å². The highest BCUT2D eigenvalue weighted by Crippen LogP contribution is 2.29. The van der Waals surface area contributed by atoms with Crippen LogP contribution in [0.2, 0.25) is 0 Å². The van der Waals surface area contributed by atoms with Crippen molar-refractivity contribution in [3.8, 4) is 0 Å². The number of nitrogens with zero attached hydrogens (tertiary/aromatic N) is 1. The van der Waals surface area contributed by atoms with Crippen molar-refractivity contribution in [1.82, 2.24) is 10.2 Å². The summed E-state index contributed by atoms with van der Waals surface area (Å²) >= 11 is 0. The summed E-state index contributed by atoms with van der Waals surface area (Å²) in [4.78, 5) is 2.74. The van der Waals surface area contributed by atoms with Crippen LogP contribution < -0.4 is 5.32 Å². The molecule has 2 rings (SSSR count). The zero-order valence-electron chi connectivity index (χ0n) is 11.8. The Bertz CT molecular complexity index is 183. The van der Waals surface area contributed by atoms with Gasteiger partial charge in [0, 0.05) is 18.6 Å². The number of rotatable bonds is 6. The molecule has 1 unspecified atom stereocenters. The Hall–Kier alpha value is -0.0800. The third kappa shape index (κ3) is 3.45. The maximum absolute atomic E-state index is 3.59. The van der Waals surface area contributed by atoms with Crippen LogP contribution in [-0.2, 0) is 0 Å². The van der Waals surface area contributed by atoms with Crippen LogP contribution in [0, 0.1) is 5.92 Å². The van der Waals surface area contributed by atoms with Crippen LogP contribution in [-0.4, -0.2) is 37.1 Å². The highest BCUT2D eigenvalue weighted by molar-refractivity contribution is 4.85. The Morgan fingerprint density at radius 2 is 1.65 bits per heavy atom. The van der Waals surface area contributed by atoms with Crippen molar-refractivity contribution in [2.75, 3.05) is 20.1 Å². The van der Waals surface area contributed by atoms with E-state index in [0.717, 1.165) is 18.0 Å². The zero-order valence-corrected chi connectivity index (χ0v) is 11.8. The smallest absolute Gasteiger partial charge is 0.0220 e. The molecule has 0 spiro atoms. The number of hydrogen-bond acceptors (Lipinski definition) is 2. The third-order valence-electron chi connectivity index (χ3n) is 5.02. The van der Waals surface area contributed by atoms with Gasteiger partial charge in [-0.05, 0) is 45.2 Å². The molecule has 0 aromatic carbocycles. The molecule has 2 aliphatic rings. The van der Waals surface area contributed by atoms with E-state index in [2.05, 4.69) is 24.2 Å². The fourth-order valence-corrected chi connectivity index (χ4v) is 3.89. The average Bonchev–Trinajstić information content (AvgIpc) is 3.03. The molecule has 0 saturated heterocycles. The van der Waals surface area contributed by atoms with Crippen molar-refractivity contribution in [2.24, 2.45) is 5.92 Å². The molecule has 2 aliphatic carbocycles. The standard InChI is InChI=1S/C15H30N2/c1-3-17(14-10-6-7-11-14)12-15(16-2)13-8-4-5-9-13/h13-16H,3-12H2,1-2H3. The fraction of sp³-hybridized carbons (Fsp3) is 1.00. The molecule has 100 valence electrons. The maximum Gasteiger partial charge on any atom is 0.0220 e. The molecule has 17 heavy (non-hydrogen) atoms. The van der Waals surface area contributed by atoms with Gasteiger partial charge in [-0.3, -0.25) is 4.90 Å². The summed E-state index contributed by atoms with van der Waals surface area (Å²) in [5.74, 6) is 0.940. The first-order valence-electron chi connectivity index (χ1n) is 7.76. The summed E-state index contributed by atoms with van der Waals surface area (Å²) in [6, 6.07) is 1.62. The molecule has 0 aromatic rings. The molecule has 0 heterocycles. The minimum absolute atomic E-state index is 0.734. The topological polar surface area (TPSA) is 15.3 Å². The van der Waals surface area contributed by atoms with Gasteiger partial charge in [0.1, 0.15) is 0 Å². The molecule has 0 radical (unpaired) electrons. The molecule has 0 bridgehead atoms. The first-order valence-corrected chi connectivity index (χ1v) is 7.76. The van der Waals surface area contributed by atoms with E-state index in [4.69, 9.17) is 0 Å². The van der Waals surface area contributed by atoms with Crippen molar-refractivity contribution in [2.45, 2.75) is 70.4 Å². The molecule has 2 saturated carbocycles. The van der Waals surface area contributed by atoms with Crippen molar-refractivity contribution in [3.63, 3.8) is 0 Å². The number of hydrogen-bond donors (Lipinski definition) is 1. The molecule has 0 amide bonds. The van der Waals surface area contributed by atoms with Gasteiger partial charge in [0.05, 0.1) is 0 Å². The Morgan fingerprint density at radius 3 is 2.18 bits per heavy atom. The van der Waals surface area contributed by atoms with Crippen molar-refractivity contribution >= 4 is 0 Å². The second-order valence-corrected chi connectivity index (χ2v) is 5.97. The van der Waals surface area contributed by atoms with E-state index in [1.807, 2.05) is 0 Å². The van der Waals surface area contributed by atoms with Crippen LogP contribution in [0.25, 0.3) is 0 Å². The molecule has 1 atom stereocenters. The van der Waals surface area contributed by atoms with Crippen LogP contribution in [0.5, 0.6) is 0 Å². The first kappa shape index (κ1) is 13.4. The molecule has 0 aromatic heterocycles. The quantitative estimate of drug-likeness (QED) is 0.765. The van der Waals surface area contributed by atoms with Gasteiger partial charge in [0.25, 0.3) is 0 Å². The van der Waals surface area contributed by atoms with Gasteiger partial charge in [-0.15, -0.1) is 0 Å². The highest BCUT2D eigenvalue weighted by Gasteiger charge is 2.28. The number of likely N-dealkylation sites (N-methyl/N-ethyl adjacent to an activating group) is 2. The van der Waals surface area contributed by atoms with Crippen LogP contribution in [0.4, 0.5) is 0 Å². The molecule has 2 fully saturated rings. The Balaban J connectivity index is 1.86. The number of nitrogens with one attached hydrogen (secondary N) is 1. The first-order chi connectivity index (χ1) is 8.35. The fourth-order valence-electron chi connectivity index (χ4n) is 3.89. The van der Waals surface area contributed by atoms with Gasteiger partial charge in [0.2, 0.25) is 0 Å². The molecular weight excluding hydrogens is 208 g/mol. The molecule has 2 heteroatoms. The average molecular weight is 238 g/mol. The summed E-state index contributed by atoms with van der Waals surface area (Å²) in [5.41, 5.74) is 0. The predicted molar refractivity (Wildman–Crippen MR) is 74.3 cm³/mol. The second-order valence-electron chi connectivity index (χ2n) is 5.97. The highest BCUT2D eigenvalue weighted by atomic mass is 15.2. The Kier molecular flexibility index (Phi) is 5.30. The summed E-state index contributed by atoms with van der Waals surface area (Å²) in [7, 11) is 2.16. The van der Waals surface area contributed by atoms with Crippen LogP contribution in [0.3, 0.4) is 0 Å². The lowest BCUT2D eigenvalue weighted by Crippen LogP contribution is -2.46. The third-order valence-corrected chi connectivity index (χ3v) is 5.02. The lowest BCUT2D eigenvalue weighted by Gasteiger charge is -2.33. The van der Waals surface area contributed by atoms with Crippen molar-refractivity contribution in [3.05, 3.63) is 0 Å². The molecule has 2 nitrogen and oxygen atoms in total. The van der Waals surface area contributed by atoms with Gasteiger partial charge < -0.3 is 5.32 Å². The Labute approximate surface area is 107 Å². The monoisotopic (exact) mass is 238 g/mol. The van der Waals surface area contributed by atoms with E-state index >= 15 is 0 Å². The van der Waals surface area contributed by atoms with Gasteiger partial charge >= 0.3 is 0 Å². The molecular formula is C15H30N2. The van der Waals surface area contributed by atoms with E-state index in [9.17, 15) is 0 Å². The predicted octanol–water partition coefficient (Wildman–Crippen LogP) is 3.03. The van der Waals surface area contributed by atoms with Gasteiger partial charge in [-0.25, -0.2) is 0 Å². The maximum atomic E-state index is 3.59. The molecule has 0 aliphatic heterocycles. The van der Waals surface area contributed by atoms with Crippen LogP contribution in [0.1, 0.15) is 58.3 Å². The SMILES string of the molecule is CCN(CC(NC)C1CCCC1)C1CCCC1.